The molecule has 1 atom stereocenters. The third-order valence-corrected chi connectivity index (χ3v) is 8.39. The molecule has 0 saturated carbocycles. The molecule has 1 unspecified atom stereocenters. The molecule has 1 fully saturated rings. The van der Waals surface area contributed by atoms with E-state index in [1.807, 2.05) is 43.3 Å². The van der Waals surface area contributed by atoms with E-state index < -0.39 is 10.6 Å². The van der Waals surface area contributed by atoms with E-state index in [-0.39, 0.29) is 17.6 Å². The van der Waals surface area contributed by atoms with Gasteiger partial charge in [-0.2, -0.15) is 10.6 Å². The molecule has 8 heteroatoms. The SMILES string of the molecule is Cc1ccc2nc(N3CCS(O)(O)c4ccccc4C3)cc(NC(=O)C3CCCNC3)c2c1. The molecule has 1 amide bonds. The number of rotatable bonds is 3. The van der Waals surface area contributed by atoms with E-state index >= 15 is 0 Å². The van der Waals surface area contributed by atoms with E-state index in [4.69, 9.17) is 4.98 Å². The molecule has 33 heavy (non-hydrogen) atoms. The number of nitrogens with one attached hydrogen (secondary N) is 2. The third kappa shape index (κ3) is 4.56. The quantitative estimate of drug-likeness (QED) is 0.450. The van der Waals surface area contributed by atoms with E-state index in [2.05, 4.69) is 21.6 Å². The molecule has 0 radical (unpaired) electrons. The first kappa shape index (κ1) is 22.2. The molecule has 2 aliphatic heterocycles. The highest BCUT2D eigenvalue weighted by Gasteiger charge is 2.27. The van der Waals surface area contributed by atoms with Crippen LogP contribution in [0, 0.1) is 12.8 Å². The molecule has 0 spiro atoms. The summed E-state index contributed by atoms with van der Waals surface area (Å²) in [7, 11) is -2.86. The van der Waals surface area contributed by atoms with Crippen molar-refractivity contribution in [3.63, 3.8) is 0 Å². The molecule has 1 saturated heterocycles. The van der Waals surface area contributed by atoms with Crippen molar-refractivity contribution in [2.45, 2.75) is 31.2 Å². The van der Waals surface area contributed by atoms with Crippen LogP contribution in [-0.2, 0) is 11.3 Å². The number of carbonyl (C=O) groups excluding carboxylic acids is 1. The fourth-order valence-corrected chi connectivity index (χ4v) is 6.23. The summed E-state index contributed by atoms with van der Waals surface area (Å²) in [5, 5.41) is 7.39. The fourth-order valence-electron chi connectivity index (χ4n) is 4.68. The molecule has 2 aliphatic rings. The van der Waals surface area contributed by atoms with Crippen LogP contribution >= 0.6 is 10.6 Å². The predicted octanol–water partition coefficient (Wildman–Crippen LogP) is 4.61. The Bertz CT molecular complexity index is 1190. The lowest BCUT2D eigenvalue weighted by Gasteiger charge is -2.32. The summed E-state index contributed by atoms with van der Waals surface area (Å²) in [6.45, 7) is 4.67. The van der Waals surface area contributed by atoms with Gasteiger partial charge in [-0.3, -0.25) is 13.9 Å². The van der Waals surface area contributed by atoms with Crippen LogP contribution in [0.5, 0.6) is 0 Å². The van der Waals surface area contributed by atoms with Crippen LogP contribution in [-0.4, -0.2) is 45.4 Å². The van der Waals surface area contributed by atoms with Crippen molar-refractivity contribution >= 4 is 38.9 Å². The monoisotopic (exact) mass is 466 g/mol. The molecule has 0 aliphatic carbocycles. The zero-order valence-corrected chi connectivity index (χ0v) is 19.6. The van der Waals surface area contributed by atoms with E-state index in [9.17, 15) is 13.9 Å². The van der Waals surface area contributed by atoms with Gasteiger partial charge in [0.1, 0.15) is 5.82 Å². The minimum Gasteiger partial charge on any atom is -0.351 e. The number of fused-ring (bicyclic) bond motifs is 2. The van der Waals surface area contributed by atoms with Crippen molar-refractivity contribution in [2.75, 3.05) is 35.6 Å². The molecule has 2 aromatic carbocycles. The second kappa shape index (κ2) is 8.95. The Morgan fingerprint density at radius 1 is 1.21 bits per heavy atom. The zero-order valence-electron chi connectivity index (χ0n) is 18.8. The lowest BCUT2D eigenvalue weighted by Crippen LogP contribution is -2.37. The first-order chi connectivity index (χ1) is 15.9. The van der Waals surface area contributed by atoms with Gasteiger partial charge in [0.05, 0.1) is 27.8 Å². The highest BCUT2D eigenvalue weighted by molar-refractivity contribution is 8.24. The molecule has 1 aromatic heterocycles. The van der Waals surface area contributed by atoms with Gasteiger partial charge in [-0.25, -0.2) is 4.98 Å². The molecule has 3 heterocycles. The minimum atomic E-state index is -2.86. The second-order valence-electron chi connectivity index (χ2n) is 8.98. The van der Waals surface area contributed by atoms with Gasteiger partial charge in [0.25, 0.3) is 0 Å². The van der Waals surface area contributed by atoms with Crippen LogP contribution in [0.25, 0.3) is 10.9 Å². The number of hydrogen-bond donors (Lipinski definition) is 4. The first-order valence-corrected chi connectivity index (χ1v) is 13.1. The molecule has 7 nitrogen and oxygen atoms in total. The van der Waals surface area contributed by atoms with Gasteiger partial charge in [0.2, 0.25) is 5.91 Å². The number of amides is 1. The second-order valence-corrected chi connectivity index (χ2v) is 11.2. The van der Waals surface area contributed by atoms with Gasteiger partial charge in [-0.1, -0.05) is 29.8 Å². The summed E-state index contributed by atoms with van der Waals surface area (Å²) >= 11 is 0. The molecule has 5 rings (SSSR count). The summed E-state index contributed by atoms with van der Waals surface area (Å²) < 4.78 is 21.4. The minimum absolute atomic E-state index is 0.0255. The van der Waals surface area contributed by atoms with Crippen LogP contribution in [0.15, 0.2) is 53.4 Å². The Labute approximate surface area is 195 Å². The summed E-state index contributed by atoms with van der Waals surface area (Å²) in [5.41, 5.74) is 3.54. The summed E-state index contributed by atoms with van der Waals surface area (Å²) in [4.78, 5) is 20.6. The molecule has 4 N–H and O–H groups in total. The van der Waals surface area contributed by atoms with Crippen molar-refractivity contribution in [1.82, 2.24) is 10.3 Å². The highest BCUT2D eigenvalue weighted by atomic mass is 32.3. The Kier molecular flexibility index (Phi) is 6.01. The third-order valence-electron chi connectivity index (χ3n) is 6.53. The van der Waals surface area contributed by atoms with Crippen LogP contribution in [0.3, 0.4) is 0 Å². The van der Waals surface area contributed by atoms with Crippen LogP contribution in [0.1, 0.15) is 24.0 Å². The lowest BCUT2D eigenvalue weighted by atomic mass is 9.98. The number of aromatic nitrogens is 1. The van der Waals surface area contributed by atoms with Gasteiger partial charge in [-0.05, 0) is 50.1 Å². The number of pyridine rings is 1. The Balaban J connectivity index is 1.52. The Morgan fingerprint density at radius 2 is 2.06 bits per heavy atom. The maximum Gasteiger partial charge on any atom is 0.228 e. The summed E-state index contributed by atoms with van der Waals surface area (Å²) in [6.07, 6.45) is 1.88. The number of anilines is 2. The number of piperidine rings is 1. The number of aryl methyl sites for hydroxylation is 1. The molecule has 0 bridgehead atoms. The maximum absolute atomic E-state index is 13.0. The van der Waals surface area contributed by atoms with Crippen molar-refractivity contribution in [1.29, 1.82) is 0 Å². The predicted molar refractivity (Wildman–Crippen MR) is 134 cm³/mol. The maximum atomic E-state index is 13.0. The van der Waals surface area contributed by atoms with Crippen LogP contribution < -0.4 is 15.5 Å². The van der Waals surface area contributed by atoms with Crippen molar-refractivity contribution < 1.29 is 13.9 Å². The standard InChI is InChI=1S/C25H30N4O3S/c1-17-8-9-21-20(13-17)22(28-25(30)18-6-4-10-26-15-18)14-24(27-21)29-11-12-33(31,32)23-7-3-2-5-19(23)16-29/h2-3,5,7-9,13-14,18,26,31-32H,4,6,10-12,15-16H2,1H3,(H,27,28,30). The number of nitrogens with zero attached hydrogens (tertiary/aromatic N) is 2. The van der Waals surface area contributed by atoms with E-state index in [1.165, 1.54) is 0 Å². The Morgan fingerprint density at radius 3 is 2.88 bits per heavy atom. The number of hydrogen-bond acceptors (Lipinski definition) is 6. The van der Waals surface area contributed by atoms with Crippen LogP contribution in [0.4, 0.5) is 11.5 Å². The smallest absolute Gasteiger partial charge is 0.228 e. The summed E-state index contributed by atoms with van der Waals surface area (Å²) in [5.74, 6) is 0.939. The molecular weight excluding hydrogens is 436 g/mol. The zero-order chi connectivity index (χ0) is 23.0. The average Bonchev–Trinajstić information content (AvgIpc) is 2.96. The molecular formula is C25H30N4O3S. The van der Waals surface area contributed by atoms with Gasteiger partial charge >= 0.3 is 0 Å². The topological polar surface area (TPSA) is 97.7 Å². The number of carbonyl (C=O) groups is 1. The highest BCUT2D eigenvalue weighted by Crippen LogP contribution is 2.51. The Hall–Kier alpha value is -2.65. The average molecular weight is 467 g/mol. The van der Waals surface area contributed by atoms with E-state index in [0.29, 0.717) is 24.5 Å². The van der Waals surface area contributed by atoms with Crippen molar-refractivity contribution in [3.05, 3.63) is 59.7 Å². The van der Waals surface area contributed by atoms with Crippen LogP contribution in [0.2, 0.25) is 0 Å². The van der Waals surface area contributed by atoms with Gasteiger partial charge in [0.15, 0.2) is 0 Å². The summed E-state index contributed by atoms with van der Waals surface area (Å²) in [6, 6.07) is 15.5. The largest absolute Gasteiger partial charge is 0.351 e. The molecule has 3 aromatic rings. The van der Waals surface area contributed by atoms with Crippen molar-refractivity contribution in [2.24, 2.45) is 5.92 Å². The van der Waals surface area contributed by atoms with Crippen molar-refractivity contribution in [3.8, 4) is 0 Å². The van der Waals surface area contributed by atoms with Gasteiger partial charge < -0.3 is 15.5 Å². The molecule has 174 valence electrons. The normalized spacial score (nSPS) is 21.2. The van der Waals surface area contributed by atoms with E-state index in [0.717, 1.165) is 52.9 Å². The van der Waals surface area contributed by atoms with Gasteiger partial charge in [0, 0.05) is 31.1 Å². The van der Waals surface area contributed by atoms with Gasteiger partial charge in [-0.15, -0.1) is 0 Å². The van der Waals surface area contributed by atoms with E-state index in [1.54, 1.807) is 6.07 Å². The lowest BCUT2D eigenvalue weighted by molar-refractivity contribution is -0.120. The number of benzene rings is 2. The fraction of sp³-hybridized carbons (Fsp3) is 0.360. The first-order valence-electron chi connectivity index (χ1n) is 11.4.